The van der Waals surface area contributed by atoms with E-state index in [0.29, 0.717) is 29.1 Å². The Kier molecular flexibility index (Phi) is 7.18. The molecule has 2 heterocycles. The Hall–Kier alpha value is -2.46. The van der Waals surface area contributed by atoms with Crippen molar-refractivity contribution in [2.75, 3.05) is 18.5 Å². The van der Waals surface area contributed by atoms with Crippen molar-refractivity contribution in [3.8, 4) is 26.9 Å². The van der Waals surface area contributed by atoms with Gasteiger partial charge in [-0.25, -0.2) is 4.79 Å². The molecule has 3 aromatic rings. The largest absolute Gasteiger partial charge is 0.479 e. The lowest BCUT2D eigenvalue weighted by Crippen LogP contribution is -2.22. The molecule has 8 nitrogen and oxygen atoms in total. The molecule has 2 N–H and O–H groups in total. The number of ether oxygens (including phenoxy) is 2. The number of rotatable bonds is 8. The molecule has 31 heavy (non-hydrogen) atoms. The summed E-state index contributed by atoms with van der Waals surface area (Å²) in [6.07, 6.45) is 6.31. The minimum atomic E-state index is -0.431. The molecule has 0 saturated heterocycles. The first kappa shape index (κ1) is 21.8. The van der Waals surface area contributed by atoms with Gasteiger partial charge in [-0.2, -0.15) is 5.21 Å². The van der Waals surface area contributed by atoms with E-state index >= 15 is 0 Å². The first-order chi connectivity index (χ1) is 15.2. The Labute approximate surface area is 192 Å². The maximum atomic E-state index is 11.8. The summed E-state index contributed by atoms with van der Waals surface area (Å²) >= 11 is 5.14. The Morgan fingerprint density at radius 1 is 1.29 bits per heavy atom. The monoisotopic (exact) mass is 505 g/mol. The number of hydrogen-bond acceptors (Lipinski definition) is 8. The van der Waals surface area contributed by atoms with Gasteiger partial charge in [0.05, 0.1) is 16.0 Å². The third kappa shape index (κ3) is 5.24. The number of benzene rings is 1. The Morgan fingerprint density at radius 2 is 2.13 bits per heavy atom. The van der Waals surface area contributed by atoms with Crippen LogP contribution in [0.2, 0.25) is 0 Å². The zero-order valence-corrected chi connectivity index (χ0v) is 19.6. The highest BCUT2D eigenvalue weighted by Crippen LogP contribution is 2.49. The van der Waals surface area contributed by atoms with E-state index in [4.69, 9.17) is 9.47 Å². The quantitative estimate of drug-likeness (QED) is 0.413. The van der Waals surface area contributed by atoms with Crippen LogP contribution in [0.1, 0.15) is 39.0 Å². The second-order valence-electron chi connectivity index (χ2n) is 7.29. The predicted molar refractivity (Wildman–Crippen MR) is 123 cm³/mol. The maximum Gasteiger partial charge on any atom is 0.344 e. The van der Waals surface area contributed by atoms with Crippen LogP contribution in [0.5, 0.6) is 5.75 Å². The lowest BCUT2D eigenvalue weighted by Gasteiger charge is -2.24. The summed E-state index contributed by atoms with van der Waals surface area (Å²) in [4.78, 5) is 13.5. The number of aromatic amines is 1. The second-order valence-corrected chi connectivity index (χ2v) is 9.11. The van der Waals surface area contributed by atoms with Crippen LogP contribution in [0.15, 0.2) is 28.7 Å². The fourth-order valence-corrected chi connectivity index (χ4v) is 5.66. The summed E-state index contributed by atoms with van der Waals surface area (Å²) in [5, 5.41) is 18.0. The number of anilines is 1. The molecule has 2 aromatic heterocycles. The van der Waals surface area contributed by atoms with Gasteiger partial charge in [0.25, 0.3) is 0 Å². The van der Waals surface area contributed by atoms with Gasteiger partial charge in [-0.15, -0.1) is 21.5 Å². The number of carbonyl (C=O) groups excluding carboxylic acids is 1. The molecule has 4 rings (SSSR count). The third-order valence-corrected chi connectivity index (χ3v) is 7.33. The van der Waals surface area contributed by atoms with Crippen molar-refractivity contribution in [3.63, 3.8) is 0 Å². The summed E-state index contributed by atoms with van der Waals surface area (Å²) < 4.78 is 11.5. The van der Waals surface area contributed by atoms with Gasteiger partial charge in [0, 0.05) is 11.7 Å². The number of H-pyrrole nitrogens is 1. The molecule has 1 saturated carbocycles. The van der Waals surface area contributed by atoms with E-state index in [-0.39, 0.29) is 6.61 Å². The number of nitrogens with one attached hydrogen (secondary N) is 2. The molecular weight excluding hydrogens is 482 g/mol. The van der Waals surface area contributed by atoms with Gasteiger partial charge in [-0.1, -0.05) is 31.4 Å². The van der Waals surface area contributed by atoms with Gasteiger partial charge < -0.3 is 14.8 Å². The van der Waals surface area contributed by atoms with Crippen LogP contribution in [0.25, 0.3) is 21.1 Å². The minimum absolute atomic E-state index is 0.198. The van der Waals surface area contributed by atoms with Crippen LogP contribution in [0.3, 0.4) is 0 Å². The summed E-state index contributed by atoms with van der Waals surface area (Å²) in [5.41, 5.74) is 2.13. The predicted octanol–water partition coefficient (Wildman–Crippen LogP) is 5.04. The zero-order valence-electron chi connectivity index (χ0n) is 17.2. The van der Waals surface area contributed by atoms with Crippen molar-refractivity contribution in [2.45, 2.75) is 45.1 Å². The van der Waals surface area contributed by atoms with Gasteiger partial charge in [-0.05, 0) is 58.6 Å². The van der Waals surface area contributed by atoms with Crippen molar-refractivity contribution in [1.29, 1.82) is 0 Å². The molecule has 0 bridgehead atoms. The smallest absolute Gasteiger partial charge is 0.344 e. The van der Waals surface area contributed by atoms with Gasteiger partial charge in [-0.3, -0.25) is 0 Å². The highest BCUT2D eigenvalue weighted by molar-refractivity contribution is 9.10. The second kappa shape index (κ2) is 10.2. The van der Waals surface area contributed by atoms with Crippen molar-refractivity contribution >= 4 is 38.9 Å². The number of esters is 1. The fourth-order valence-electron chi connectivity index (χ4n) is 3.68. The maximum absolute atomic E-state index is 11.8. The van der Waals surface area contributed by atoms with Crippen molar-refractivity contribution < 1.29 is 14.3 Å². The highest BCUT2D eigenvalue weighted by Gasteiger charge is 2.24. The first-order valence-electron chi connectivity index (χ1n) is 10.4. The number of tetrazole rings is 1. The number of hydrogen-bond donors (Lipinski definition) is 2. The minimum Gasteiger partial charge on any atom is -0.479 e. The molecule has 0 spiro atoms. The van der Waals surface area contributed by atoms with Crippen LogP contribution in [0.4, 0.5) is 5.69 Å². The van der Waals surface area contributed by atoms with Gasteiger partial charge in [0.2, 0.25) is 5.82 Å². The lowest BCUT2D eigenvalue weighted by atomic mass is 9.95. The van der Waals surface area contributed by atoms with Crippen LogP contribution < -0.4 is 10.1 Å². The molecule has 1 aliphatic carbocycles. The Bertz CT molecular complexity index is 1020. The number of nitrogens with zero attached hydrogens (tertiary/aromatic N) is 3. The summed E-state index contributed by atoms with van der Waals surface area (Å²) in [7, 11) is 0. The Balaban J connectivity index is 1.63. The Morgan fingerprint density at radius 3 is 2.87 bits per heavy atom. The van der Waals surface area contributed by atoms with Crippen LogP contribution >= 0.6 is 27.3 Å². The van der Waals surface area contributed by atoms with E-state index in [9.17, 15) is 4.79 Å². The number of thiophene rings is 1. The van der Waals surface area contributed by atoms with E-state index in [1.165, 1.54) is 43.4 Å². The summed E-state index contributed by atoms with van der Waals surface area (Å²) in [5.74, 6) is 0.479. The molecule has 0 unspecified atom stereocenters. The molecule has 1 aromatic carbocycles. The molecule has 164 valence electrons. The van der Waals surface area contributed by atoms with E-state index in [0.717, 1.165) is 20.6 Å². The van der Waals surface area contributed by atoms with Crippen molar-refractivity contribution in [2.24, 2.45) is 0 Å². The normalized spacial score (nSPS) is 14.4. The first-order valence-corrected chi connectivity index (χ1v) is 12.0. The fraction of sp³-hybridized carbons (Fsp3) is 0.429. The number of aromatic nitrogens is 4. The van der Waals surface area contributed by atoms with Gasteiger partial charge in [0.15, 0.2) is 12.4 Å². The average Bonchev–Trinajstić information content (AvgIpc) is 3.41. The molecule has 0 amide bonds. The van der Waals surface area contributed by atoms with E-state index < -0.39 is 5.97 Å². The number of carbonyl (C=O) groups is 1. The number of halogens is 1. The standard InChI is InChI=1S/C21H24BrN5O3S/c1-2-29-16(28)12-30-18-17(22)19(31-20(18)21-24-26-27-25-21)13-7-6-10-15(11-13)23-14-8-4-3-5-9-14/h6-7,10-11,14,23H,2-5,8-9,12H2,1H3,(H,24,25,26,27). The zero-order chi connectivity index (χ0) is 21.6. The third-order valence-electron chi connectivity index (χ3n) is 5.10. The molecular formula is C21H24BrN5O3S. The van der Waals surface area contributed by atoms with Gasteiger partial charge >= 0.3 is 5.97 Å². The van der Waals surface area contributed by atoms with Crippen LogP contribution in [0, 0.1) is 0 Å². The SMILES string of the molecule is CCOC(=O)COc1c(-c2nn[nH]n2)sc(-c2cccc(NC3CCCCC3)c2)c1Br. The lowest BCUT2D eigenvalue weighted by molar-refractivity contribution is -0.145. The average molecular weight is 506 g/mol. The molecule has 0 atom stereocenters. The highest BCUT2D eigenvalue weighted by atomic mass is 79.9. The van der Waals surface area contributed by atoms with E-state index in [1.54, 1.807) is 6.92 Å². The van der Waals surface area contributed by atoms with Crippen molar-refractivity contribution in [3.05, 3.63) is 28.7 Å². The molecule has 0 aliphatic heterocycles. The topological polar surface area (TPSA) is 102 Å². The molecule has 0 radical (unpaired) electrons. The van der Waals surface area contributed by atoms with E-state index in [1.807, 2.05) is 6.07 Å². The van der Waals surface area contributed by atoms with E-state index in [2.05, 4.69) is 60.1 Å². The van der Waals surface area contributed by atoms with Crippen molar-refractivity contribution in [1.82, 2.24) is 20.6 Å². The molecule has 1 aliphatic rings. The van der Waals surface area contributed by atoms with Crippen LogP contribution in [-0.2, 0) is 9.53 Å². The molecule has 10 heteroatoms. The van der Waals surface area contributed by atoms with Gasteiger partial charge in [0.1, 0.15) is 4.88 Å². The molecule has 1 fully saturated rings. The summed E-state index contributed by atoms with van der Waals surface area (Å²) in [6, 6.07) is 8.85. The van der Waals surface area contributed by atoms with Crippen LogP contribution in [-0.4, -0.2) is 45.8 Å². The summed E-state index contributed by atoms with van der Waals surface area (Å²) in [6.45, 7) is 1.86.